The fourth-order valence-electron chi connectivity index (χ4n) is 2.78. The quantitative estimate of drug-likeness (QED) is 0.680. The lowest BCUT2D eigenvalue weighted by Gasteiger charge is -2.21. The summed E-state index contributed by atoms with van der Waals surface area (Å²) < 4.78 is 32.8. The minimum Gasteiger partial charge on any atom is -0.496 e. The zero-order chi connectivity index (χ0) is 19.4. The van der Waals surface area contributed by atoms with E-state index in [1.807, 2.05) is 0 Å². The summed E-state index contributed by atoms with van der Waals surface area (Å²) in [7, 11) is -2.72. The van der Waals surface area contributed by atoms with Crippen LogP contribution in [0.2, 0.25) is 0 Å². The highest BCUT2D eigenvalue weighted by atomic mass is 32.2. The Morgan fingerprint density at radius 2 is 2.00 bits per heavy atom. The standard InChI is InChI=1S/C16H19N3O6S/c1-24-13-5-4-11(26(18,22)23)8-12(13)15(21)25-9-14(20)19-16(10-17)6-2-3-7-16/h4-5,8H,2-3,6-7,9H2,1H3,(H,19,20)(H2,18,22,23). The summed E-state index contributed by atoms with van der Waals surface area (Å²) in [5, 5.41) is 16.9. The Balaban J connectivity index is 2.08. The van der Waals surface area contributed by atoms with Crippen LogP contribution in [0.1, 0.15) is 36.0 Å². The Kier molecular flexibility index (Phi) is 5.84. The Bertz CT molecular complexity index is 853. The molecular formula is C16H19N3O6S. The first-order valence-electron chi connectivity index (χ1n) is 7.81. The summed E-state index contributed by atoms with van der Waals surface area (Å²) in [5.41, 5.74) is -1.10. The molecule has 1 aliphatic rings. The summed E-state index contributed by atoms with van der Waals surface area (Å²) in [6.45, 7) is -0.606. The van der Waals surface area contributed by atoms with E-state index < -0.39 is 34.0 Å². The molecule has 9 nitrogen and oxygen atoms in total. The Hall–Kier alpha value is -2.64. The molecule has 2 rings (SSSR count). The van der Waals surface area contributed by atoms with Crippen LogP contribution in [0, 0.1) is 11.3 Å². The third-order valence-corrected chi connectivity index (χ3v) is 5.01. The van der Waals surface area contributed by atoms with Crippen molar-refractivity contribution in [3.8, 4) is 11.8 Å². The van der Waals surface area contributed by atoms with Crippen LogP contribution in [-0.2, 0) is 19.6 Å². The van der Waals surface area contributed by atoms with Crippen molar-refractivity contribution in [1.82, 2.24) is 5.32 Å². The number of amides is 1. The number of nitrogens with one attached hydrogen (secondary N) is 1. The van der Waals surface area contributed by atoms with Crippen LogP contribution in [0.3, 0.4) is 0 Å². The number of carbonyl (C=O) groups is 2. The van der Waals surface area contributed by atoms with Gasteiger partial charge >= 0.3 is 5.97 Å². The van der Waals surface area contributed by atoms with Gasteiger partial charge in [0.2, 0.25) is 10.0 Å². The molecule has 1 saturated carbocycles. The predicted molar refractivity (Wildman–Crippen MR) is 89.6 cm³/mol. The van der Waals surface area contributed by atoms with E-state index >= 15 is 0 Å². The first-order valence-corrected chi connectivity index (χ1v) is 9.36. The Morgan fingerprint density at radius 3 is 2.54 bits per heavy atom. The topological polar surface area (TPSA) is 149 Å². The van der Waals surface area contributed by atoms with Crippen LogP contribution in [0.15, 0.2) is 23.1 Å². The molecule has 1 aromatic rings. The summed E-state index contributed by atoms with van der Waals surface area (Å²) in [6, 6.07) is 5.57. The molecule has 0 unspecified atom stereocenters. The lowest BCUT2D eigenvalue weighted by atomic mass is 10.00. The fourth-order valence-corrected chi connectivity index (χ4v) is 3.32. The molecule has 0 atom stereocenters. The number of methoxy groups -OCH3 is 1. The van der Waals surface area contributed by atoms with Gasteiger partial charge in [0.15, 0.2) is 6.61 Å². The minimum absolute atomic E-state index is 0.0760. The lowest BCUT2D eigenvalue weighted by molar-refractivity contribution is -0.125. The van der Waals surface area contributed by atoms with Crippen LogP contribution < -0.4 is 15.2 Å². The van der Waals surface area contributed by atoms with Gasteiger partial charge in [0.25, 0.3) is 5.91 Å². The number of rotatable bonds is 6. The average Bonchev–Trinajstić information content (AvgIpc) is 3.07. The van der Waals surface area contributed by atoms with Gasteiger partial charge in [0.1, 0.15) is 16.9 Å². The molecule has 0 aromatic heterocycles. The molecule has 0 heterocycles. The Labute approximate surface area is 151 Å². The molecule has 0 aliphatic heterocycles. The summed E-state index contributed by atoms with van der Waals surface area (Å²) in [6.07, 6.45) is 2.77. The maximum atomic E-state index is 12.2. The van der Waals surface area contributed by atoms with Crippen molar-refractivity contribution >= 4 is 21.9 Å². The lowest BCUT2D eigenvalue weighted by Crippen LogP contribution is -2.46. The van der Waals surface area contributed by atoms with Gasteiger partial charge in [0.05, 0.1) is 18.1 Å². The fraction of sp³-hybridized carbons (Fsp3) is 0.438. The van der Waals surface area contributed by atoms with Gasteiger partial charge in [-0.2, -0.15) is 5.26 Å². The third kappa shape index (κ3) is 4.50. The zero-order valence-electron chi connectivity index (χ0n) is 14.1. The molecule has 10 heteroatoms. The van der Waals surface area contributed by atoms with Crippen molar-refractivity contribution in [2.24, 2.45) is 5.14 Å². The van der Waals surface area contributed by atoms with E-state index in [1.165, 1.54) is 19.2 Å². The molecule has 26 heavy (non-hydrogen) atoms. The maximum absolute atomic E-state index is 12.2. The number of hydrogen-bond donors (Lipinski definition) is 2. The molecule has 0 bridgehead atoms. The first-order chi connectivity index (χ1) is 12.2. The zero-order valence-corrected chi connectivity index (χ0v) is 15.0. The van der Waals surface area contributed by atoms with Crippen molar-refractivity contribution in [3.63, 3.8) is 0 Å². The van der Waals surface area contributed by atoms with Gasteiger partial charge in [0, 0.05) is 0 Å². The van der Waals surface area contributed by atoms with Gasteiger partial charge in [-0.05, 0) is 43.9 Å². The van der Waals surface area contributed by atoms with E-state index in [0.717, 1.165) is 18.9 Å². The minimum atomic E-state index is -4.02. The molecule has 0 saturated heterocycles. The van der Waals surface area contributed by atoms with Crippen molar-refractivity contribution in [1.29, 1.82) is 5.26 Å². The predicted octanol–water partition coefficient (Wildman–Crippen LogP) is 0.452. The number of primary sulfonamides is 1. The monoisotopic (exact) mass is 381 g/mol. The summed E-state index contributed by atoms with van der Waals surface area (Å²) >= 11 is 0. The van der Waals surface area contributed by atoms with E-state index in [-0.39, 0.29) is 16.2 Å². The van der Waals surface area contributed by atoms with E-state index in [0.29, 0.717) is 12.8 Å². The average molecular weight is 381 g/mol. The number of ether oxygens (including phenoxy) is 2. The molecule has 1 aromatic carbocycles. The number of sulfonamides is 1. The number of benzene rings is 1. The summed E-state index contributed by atoms with van der Waals surface area (Å²) in [5.74, 6) is -1.48. The molecule has 1 fully saturated rings. The van der Waals surface area contributed by atoms with Gasteiger partial charge in [-0.25, -0.2) is 18.4 Å². The largest absolute Gasteiger partial charge is 0.496 e. The van der Waals surface area contributed by atoms with Crippen molar-refractivity contribution in [3.05, 3.63) is 23.8 Å². The van der Waals surface area contributed by atoms with E-state index in [2.05, 4.69) is 11.4 Å². The second-order valence-electron chi connectivity index (χ2n) is 5.93. The van der Waals surface area contributed by atoms with Gasteiger partial charge in [-0.3, -0.25) is 4.79 Å². The van der Waals surface area contributed by atoms with Crippen LogP contribution >= 0.6 is 0 Å². The van der Waals surface area contributed by atoms with Gasteiger partial charge in [-0.15, -0.1) is 0 Å². The van der Waals surface area contributed by atoms with E-state index in [1.54, 1.807) is 0 Å². The number of hydrogen-bond acceptors (Lipinski definition) is 7. The SMILES string of the molecule is COc1ccc(S(N)(=O)=O)cc1C(=O)OCC(=O)NC1(C#N)CCCC1. The number of nitrogens with two attached hydrogens (primary N) is 1. The highest BCUT2D eigenvalue weighted by Crippen LogP contribution is 2.28. The van der Waals surface area contributed by atoms with Crippen molar-refractivity contribution in [2.45, 2.75) is 36.1 Å². The molecule has 1 aliphatic carbocycles. The number of esters is 1. The number of carbonyl (C=O) groups excluding carboxylic acids is 2. The normalized spacial score (nSPS) is 15.7. The number of nitrogens with zero attached hydrogens (tertiary/aromatic N) is 1. The van der Waals surface area contributed by atoms with Gasteiger partial charge < -0.3 is 14.8 Å². The molecule has 0 radical (unpaired) electrons. The molecular weight excluding hydrogens is 362 g/mol. The van der Waals surface area contributed by atoms with Crippen molar-refractivity contribution < 1.29 is 27.5 Å². The third-order valence-electron chi connectivity index (χ3n) is 4.10. The second kappa shape index (κ2) is 7.72. The molecule has 140 valence electrons. The molecule has 1 amide bonds. The number of nitriles is 1. The van der Waals surface area contributed by atoms with Crippen LogP contribution in [0.5, 0.6) is 5.75 Å². The smallest absolute Gasteiger partial charge is 0.342 e. The van der Waals surface area contributed by atoms with Crippen LogP contribution in [0.25, 0.3) is 0 Å². The van der Waals surface area contributed by atoms with E-state index in [4.69, 9.17) is 14.6 Å². The first kappa shape index (κ1) is 19.7. The maximum Gasteiger partial charge on any atom is 0.342 e. The van der Waals surface area contributed by atoms with Gasteiger partial charge in [-0.1, -0.05) is 0 Å². The van der Waals surface area contributed by atoms with Crippen molar-refractivity contribution in [2.75, 3.05) is 13.7 Å². The Morgan fingerprint density at radius 1 is 1.35 bits per heavy atom. The molecule has 0 spiro atoms. The molecule has 3 N–H and O–H groups in total. The van der Waals surface area contributed by atoms with Crippen LogP contribution in [0.4, 0.5) is 0 Å². The van der Waals surface area contributed by atoms with Crippen LogP contribution in [-0.4, -0.2) is 39.5 Å². The summed E-state index contributed by atoms with van der Waals surface area (Å²) in [4.78, 5) is 23.9. The van der Waals surface area contributed by atoms with E-state index in [9.17, 15) is 23.3 Å². The highest BCUT2D eigenvalue weighted by Gasteiger charge is 2.35. The highest BCUT2D eigenvalue weighted by molar-refractivity contribution is 7.89. The second-order valence-corrected chi connectivity index (χ2v) is 7.49.